The first-order chi connectivity index (χ1) is 9.11. The molecule has 0 heterocycles. The third kappa shape index (κ3) is 4.68. The molecule has 1 aromatic rings. The van der Waals surface area contributed by atoms with Crippen LogP contribution in [0.4, 0.5) is 0 Å². The van der Waals surface area contributed by atoms with Crippen LogP contribution in [0.1, 0.15) is 38.1 Å². The summed E-state index contributed by atoms with van der Waals surface area (Å²) >= 11 is 0. The predicted molar refractivity (Wildman–Crippen MR) is 75.8 cm³/mol. The summed E-state index contributed by atoms with van der Waals surface area (Å²) in [5.74, 6) is -0.506. The van der Waals surface area contributed by atoms with Gasteiger partial charge in [-0.2, -0.15) is 0 Å². The molecule has 0 saturated carbocycles. The smallest absolute Gasteiger partial charge is 0.338 e. The third-order valence-corrected chi connectivity index (χ3v) is 3.49. The lowest BCUT2D eigenvalue weighted by Gasteiger charge is -2.14. The van der Waals surface area contributed by atoms with Crippen molar-refractivity contribution in [1.82, 2.24) is 0 Å². The number of benzene rings is 1. The van der Waals surface area contributed by atoms with Gasteiger partial charge in [-0.25, -0.2) is 13.2 Å². The van der Waals surface area contributed by atoms with Gasteiger partial charge in [-0.3, -0.25) is 0 Å². The summed E-state index contributed by atoms with van der Waals surface area (Å²) in [7, 11) is 1.35. The summed E-state index contributed by atoms with van der Waals surface area (Å²) in [5.41, 5.74) is 0.106. The van der Waals surface area contributed by atoms with Crippen molar-refractivity contribution in [3.63, 3.8) is 0 Å². The number of hydrogen-bond acceptors (Lipinski definition) is 5. The molecular formula is C13H17ClO5S. The molecule has 0 fully saturated rings. The van der Waals surface area contributed by atoms with E-state index in [1.807, 2.05) is 0 Å². The zero-order chi connectivity index (χ0) is 15.5. The van der Waals surface area contributed by atoms with Crippen LogP contribution in [0.25, 0.3) is 0 Å². The summed E-state index contributed by atoms with van der Waals surface area (Å²) in [6.07, 6.45) is -0.522. The Labute approximate surface area is 123 Å². The number of carbonyl (C=O) groups is 1. The van der Waals surface area contributed by atoms with Gasteiger partial charge in [0.25, 0.3) is 9.05 Å². The maximum Gasteiger partial charge on any atom is 0.338 e. The minimum Gasteiger partial charge on any atom is -0.490 e. The molecule has 0 spiro atoms. The van der Waals surface area contributed by atoms with E-state index in [1.54, 1.807) is 27.7 Å². The molecule has 1 aromatic carbocycles. The van der Waals surface area contributed by atoms with Crippen LogP contribution >= 0.6 is 10.7 Å². The minimum absolute atomic E-state index is 0.106. The molecule has 20 heavy (non-hydrogen) atoms. The second-order valence-electron chi connectivity index (χ2n) is 4.72. The summed E-state index contributed by atoms with van der Waals surface area (Å²) in [4.78, 5) is 11.5. The first-order valence-electron chi connectivity index (χ1n) is 6.07. The third-order valence-electron chi connectivity index (χ3n) is 2.15. The van der Waals surface area contributed by atoms with E-state index in [1.165, 1.54) is 12.1 Å². The van der Waals surface area contributed by atoms with Crippen LogP contribution in [-0.2, 0) is 13.8 Å². The molecule has 0 saturated heterocycles. The average Bonchev–Trinajstić information content (AvgIpc) is 2.26. The molecule has 0 bridgehead atoms. The predicted octanol–water partition coefficient (Wildman–Crippen LogP) is 2.97. The van der Waals surface area contributed by atoms with Crippen molar-refractivity contribution >= 4 is 25.7 Å². The number of halogens is 1. The quantitative estimate of drug-likeness (QED) is 0.616. The van der Waals surface area contributed by atoms with Crippen LogP contribution in [0.5, 0.6) is 5.75 Å². The average molecular weight is 321 g/mol. The van der Waals surface area contributed by atoms with Crippen molar-refractivity contribution in [3.05, 3.63) is 23.8 Å². The fourth-order valence-electron chi connectivity index (χ4n) is 1.46. The maximum atomic E-state index is 11.8. The summed E-state index contributed by atoms with van der Waals surface area (Å²) in [6.45, 7) is 6.91. The monoisotopic (exact) mass is 320 g/mol. The number of hydrogen-bond donors (Lipinski definition) is 0. The Morgan fingerprint density at radius 3 is 2.20 bits per heavy atom. The molecule has 0 amide bonds. The molecule has 1 rings (SSSR count). The SMILES string of the molecule is CC(C)OC(=O)c1ccc(OC(C)C)c(S(=O)(=O)Cl)c1. The van der Waals surface area contributed by atoms with Gasteiger partial charge < -0.3 is 9.47 Å². The molecule has 0 N–H and O–H groups in total. The van der Waals surface area contributed by atoms with Gasteiger partial charge in [0.2, 0.25) is 0 Å². The molecule has 0 aliphatic carbocycles. The molecule has 0 unspecified atom stereocenters. The van der Waals surface area contributed by atoms with Crippen molar-refractivity contribution < 1.29 is 22.7 Å². The Bertz CT molecular complexity index is 593. The van der Waals surface area contributed by atoms with Crippen LogP contribution < -0.4 is 4.74 Å². The van der Waals surface area contributed by atoms with Gasteiger partial charge in [-0.05, 0) is 45.9 Å². The lowest BCUT2D eigenvalue weighted by Crippen LogP contribution is -2.13. The number of carbonyl (C=O) groups excluding carboxylic acids is 1. The first-order valence-corrected chi connectivity index (χ1v) is 8.38. The molecule has 0 atom stereocenters. The molecule has 0 aromatic heterocycles. The van der Waals surface area contributed by atoms with Gasteiger partial charge in [0, 0.05) is 10.7 Å². The first kappa shape index (κ1) is 16.8. The van der Waals surface area contributed by atoms with Crippen LogP contribution in [-0.4, -0.2) is 26.6 Å². The van der Waals surface area contributed by atoms with Crippen LogP contribution in [0, 0.1) is 0 Å². The van der Waals surface area contributed by atoms with Crippen molar-refractivity contribution in [2.45, 2.75) is 44.8 Å². The summed E-state index contributed by atoms with van der Waals surface area (Å²) in [5, 5.41) is 0. The normalized spacial score (nSPS) is 11.8. The van der Waals surface area contributed by atoms with E-state index in [0.717, 1.165) is 6.07 Å². The van der Waals surface area contributed by atoms with E-state index in [4.69, 9.17) is 20.2 Å². The zero-order valence-electron chi connectivity index (χ0n) is 11.7. The molecule has 0 aliphatic rings. The molecule has 0 radical (unpaired) electrons. The highest BCUT2D eigenvalue weighted by molar-refractivity contribution is 8.13. The minimum atomic E-state index is -4.02. The summed E-state index contributed by atoms with van der Waals surface area (Å²) in [6, 6.07) is 3.99. The maximum absolute atomic E-state index is 11.8. The van der Waals surface area contributed by atoms with E-state index in [-0.39, 0.29) is 28.4 Å². The fourth-order valence-corrected chi connectivity index (χ4v) is 2.44. The molecule has 7 heteroatoms. The highest BCUT2D eigenvalue weighted by atomic mass is 35.7. The largest absolute Gasteiger partial charge is 0.490 e. The van der Waals surface area contributed by atoms with Crippen LogP contribution in [0.15, 0.2) is 23.1 Å². The van der Waals surface area contributed by atoms with E-state index < -0.39 is 15.0 Å². The fraction of sp³-hybridized carbons (Fsp3) is 0.462. The second kappa shape index (κ2) is 6.45. The highest BCUT2D eigenvalue weighted by Gasteiger charge is 2.21. The van der Waals surface area contributed by atoms with E-state index in [9.17, 15) is 13.2 Å². The number of rotatable bonds is 5. The lowest BCUT2D eigenvalue weighted by molar-refractivity contribution is 0.0377. The second-order valence-corrected chi connectivity index (χ2v) is 7.25. The van der Waals surface area contributed by atoms with Crippen molar-refractivity contribution in [2.24, 2.45) is 0 Å². The van der Waals surface area contributed by atoms with Gasteiger partial charge in [0.1, 0.15) is 10.6 Å². The topological polar surface area (TPSA) is 69.7 Å². The van der Waals surface area contributed by atoms with Crippen molar-refractivity contribution in [2.75, 3.05) is 0 Å². The Kier molecular flexibility index (Phi) is 5.42. The van der Waals surface area contributed by atoms with Gasteiger partial charge in [-0.1, -0.05) is 0 Å². The molecular weight excluding hydrogens is 304 g/mol. The van der Waals surface area contributed by atoms with Gasteiger partial charge in [0.05, 0.1) is 17.8 Å². The molecule has 5 nitrogen and oxygen atoms in total. The lowest BCUT2D eigenvalue weighted by atomic mass is 10.2. The van der Waals surface area contributed by atoms with E-state index >= 15 is 0 Å². The van der Waals surface area contributed by atoms with Crippen molar-refractivity contribution in [1.29, 1.82) is 0 Å². The zero-order valence-corrected chi connectivity index (χ0v) is 13.3. The van der Waals surface area contributed by atoms with Crippen LogP contribution in [0.2, 0.25) is 0 Å². The van der Waals surface area contributed by atoms with Crippen LogP contribution in [0.3, 0.4) is 0 Å². The number of esters is 1. The Morgan fingerprint density at radius 1 is 1.15 bits per heavy atom. The Hall–Kier alpha value is -1.27. The summed E-state index contributed by atoms with van der Waals surface area (Å²) < 4.78 is 33.5. The Morgan fingerprint density at radius 2 is 1.75 bits per heavy atom. The highest BCUT2D eigenvalue weighted by Crippen LogP contribution is 2.29. The van der Waals surface area contributed by atoms with Gasteiger partial charge >= 0.3 is 5.97 Å². The van der Waals surface area contributed by atoms with Gasteiger partial charge in [0.15, 0.2) is 0 Å². The van der Waals surface area contributed by atoms with E-state index in [0.29, 0.717) is 0 Å². The number of ether oxygens (including phenoxy) is 2. The van der Waals surface area contributed by atoms with Crippen molar-refractivity contribution in [3.8, 4) is 5.75 Å². The Balaban J connectivity index is 3.25. The molecule has 112 valence electrons. The van der Waals surface area contributed by atoms with Gasteiger partial charge in [-0.15, -0.1) is 0 Å². The standard InChI is InChI=1S/C13H17ClO5S/c1-8(2)18-11-6-5-10(13(15)19-9(3)4)7-12(11)20(14,16)17/h5-9H,1-4H3. The van der Waals surface area contributed by atoms with E-state index in [2.05, 4.69) is 0 Å². The molecule has 0 aliphatic heterocycles.